The first-order valence-electron chi connectivity index (χ1n) is 8.09. The predicted molar refractivity (Wildman–Crippen MR) is 103 cm³/mol. The lowest BCUT2D eigenvalue weighted by Gasteiger charge is -2.21. The zero-order chi connectivity index (χ0) is 17.6. The van der Waals surface area contributed by atoms with Crippen LogP contribution in [0.25, 0.3) is 0 Å². The molecule has 0 N–H and O–H groups in total. The lowest BCUT2D eigenvalue weighted by Crippen LogP contribution is -2.13. The van der Waals surface area contributed by atoms with Crippen molar-refractivity contribution in [1.29, 1.82) is 0 Å². The van der Waals surface area contributed by atoms with Crippen LogP contribution in [0.3, 0.4) is 0 Å². The summed E-state index contributed by atoms with van der Waals surface area (Å²) in [4.78, 5) is 0. The van der Waals surface area contributed by atoms with E-state index in [1.54, 1.807) is 7.11 Å². The molecule has 0 bridgehead atoms. The van der Waals surface area contributed by atoms with Crippen molar-refractivity contribution in [3.05, 3.63) is 83.9 Å². The first-order valence-corrected chi connectivity index (χ1v) is 9.26. The van der Waals surface area contributed by atoms with Gasteiger partial charge in [0.1, 0.15) is 17.2 Å². The Bertz CT molecular complexity index is 834. The van der Waals surface area contributed by atoms with E-state index in [2.05, 4.69) is 13.0 Å². The maximum atomic E-state index is 6.30. The minimum atomic E-state index is -1.39. The SMILES string of the molecule is COc1ccccc1P(Oc1ccccc1)Oc1ccc(C)cc1C. The number of hydrogen-bond acceptors (Lipinski definition) is 3. The number of benzene rings is 3. The smallest absolute Gasteiger partial charge is 0.329 e. The minimum Gasteiger partial charge on any atom is -0.496 e. The van der Waals surface area contributed by atoms with E-state index in [4.69, 9.17) is 13.8 Å². The van der Waals surface area contributed by atoms with E-state index >= 15 is 0 Å². The van der Waals surface area contributed by atoms with Crippen molar-refractivity contribution in [3.63, 3.8) is 0 Å². The average Bonchev–Trinajstić information content (AvgIpc) is 2.64. The van der Waals surface area contributed by atoms with Gasteiger partial charge >= 0.3 is 8.38 Å². The second-order valence-electron chi connectivity index (χ2n) is 5.69. The molecule has 3 rings (SSSR count). The number of aryl methyl sites for hydroxylation is 2. The topological polar surface area (TPSA) is 27.7 Å². The molecule has 0 aliphatic carbocycles. The van der Waals surface area contributed by atoms with Crippen LogP contribution in [0.2, 0.25) is 0 Å². The molecule has 0 aliphatic heterocycles. The molecular formula is C21H21O3P. The third-order valence-corrected chi connectivity index (χ3v) is 5.23. The van der Waals surface area contributed by atoms with E-state index in [-0.39, 0.29) is 0 Å². The van der Waals surface area contributed by atoms with Crippen LogP contribution in [0.15, 0.2) is 72.8 Å². The fourth-order valence-corrected chi connectivity index (χ4v) is 3.95. The molecule has 3 nitrogen and oxygen atoms in total. The molecule has 0 heterocycles. The van der Waals surface area contributed by atoms with Crippen LogP contribution in [0.1, 0.15) is 11.1 Å². The predicted octanol–water partition coefficient (Wildman–Crippen LogP) is 5.41. The van der Waals surface area contributed by atoms with Crippen molar-refractivity contribution in [3.8, 4) is 17.2 Å². The first kappa shape index (κ1) is 17.3. The zero-order valence-corrected chi connectivity index (χ0v) is 15.5. The van der Waals surface area contributed by atoms with Crippen molar-refractivity contribution >= 4 is 13.7 Å². The quantitative estimate of drug-likeness (QED) is 0.555. The van der Waals surface area contributed by atoms with Gasteiger partial charge < -0.3 is 13.8 Å². The summed E-state index contributed by atoms with van der Waals surface area (Å²) in [5.41, 5.74) is 2.29. The van der Waals surface area contributed by atoms with Crippen molar-refractivity contribution in [2.24, 2.45) is 0 Å². The van der Waals surface area contributed by atoms with Crippen LogP contribution in [-0.2, 0) is 0 Å². The second-order valence-corrected chi connectivity index (χ2v) is 7.05. The van der Waals surface area contributed by atoms with Crippen LogP contribution < -0.4 is 19.1 Å². The Balaban J connectivity index is 1.96. The Morgan fingerprint density at radius 3 is 2.16 bits per heavy atom. The molecule has 0 saturated heterocycles. The summed E-state index contributed by atoms with van der Waals surface area (Å²) >= 11 is 0. The van der Waals surface area contributed by atoms with Gasteiger partial charge in [0, 0.05) is 0 Å². The van der Waals surface area contributed by atoms with E-state index in [1.165, 1.54) is 5.56 Å². The molecule has 0 aliphatic rings. The van der Waals surface area contributed by atoms with E-state index in [1.807, 2.05) is 73.7 Å². The molecule has 0 spiro atoms. The second kappa shape index (κ2) is 8.04. The summed E-state index contributed by atoms with van der Waals surface area (Å²) in [7, 11) is 0.273. The summed E-state index contributed by atoms with van der Waals surface area (Å²) in [6.07, 6.45) is 0. The van der Waals surface area contributed by atoms with Gasteiger partial charge in [0.15, 0.2) is 0 Å². The highest BCUT2D eigenvalue weighted by molar-refractivity contribution is 7.57. The largest absolute Gasteiger partial charge is 0.496 e. The van der Waals surface area contributed by atoms with E-state index < -0.39 is 8.38 Å². The molecule has 4 heteroatoms. The van der Waals surface area contributed by atoms with Crippen LogP contribution in [0, 0.1) is 13.8 Å². The number of rotatable bonds is 6. The molecule has 3 aromatic carbocycles. The molecule has 1 atom stereocenters. The molecule has 25 heavy (non-hydrogen) atoms. The standard InChI is InChI=1S/C21H21O3P/c1-16-13-14-19(17(2)15-16)24-25(23-18-9-5-4-6-10-18)21-12-8-7-11-20(21)22-3/h4-15H,1-3H3. The van der Waals surface area contributed by atoms with Crippen molar-refractivity contribution in [2.75, 3.05) is 7.11 Å². The first-order chi connectivity index (χ1) is 12.2. The van der Waals surface area contributed by atoms with Crippen molar-refractivity contribution in [2.45, 2.75) is 13.8 Å². The summed E-state index contributed by atoms with van der Waals surface area (Å²) in [5, 5.41) is 0.906. The highest BCUT2D eigenvalue weighted by atomic mass is 31.2. The molecule has 0 radical (unpaired) electrons. The number of hydrogen-bond donors (Lipinski definition) is 0. The van der Waals surface area contributed by atoms with Gasteiger partial charge in [0.05, 0.1) is 12.4 Å². The summed E-state index contributed by atoms with van der Waals surface area (Å²) in [6, 6.07) is 23.7. The lowest BCUT2D eigenvalue weighted by molar-refractivity contribution is 0.416. The lowest BCUT2D eigenvalue weighted by atomic mass is 10.1. The van der Waals surface area contributed by atoms with Gasteiger partial charge in [-0.25, -0.2) is 0 Å². The zero-order valence-electron chi connectivity index (χ0n) is 14.6. The van der Waals surface area contributed by atoms with Gasteiger partial charge in [-0.3, -0.25) is 0 Å². The van der Waals surface area contributed by atoms with Gasteiger partial charge in [-0.1, -0.05) is 48.0 Å². The van der Waals surface area contributed by atoms with E-state index in [0.29, 0.717) is 0 Å². The minimum absolute atomic E-state index is 0.759. The van der Waals surface area contributed by atoms with Gasteiger partial charge in [-0.15, -0.1) is 0 Å². The Labute approximate surface area is 150 Å². The summed E-state index contributed by atoms with van der Waals surface area (Å²) in [6.45, 7) is 4.11. The molecule has 0 amide bonds. The van der Waals surface area contributed by atoms with Gasteiger partial charge in [-0.05, 0) is 49.7 Å². The third-order valence-electron chi connectivity index (χ3n) is 3.73. The Hall–Kier alpha value is -2.51. The number of para-hydroxylation sites is 2. The normalized spacial score (nSPS) is 11.6. The van der Waals surface area contributed by atoms with Crippen molar-refractivity contribution < 1.29 is 13.8 Å². The third kappa shape index (κ3) is 4.32. The molecular weight excluding hydrogens is 331 g/mol. The molecule has 0 fully saturated rings. The van der Waals surface area contributed by atoms with E-state index in [9.17, 15) is 0 Å². The van der Waals surface area contributed by atoms with Gasteiger partial charge in [0.25, 0.3) is 0 Å². The summed E-state index contributed by atoms with van der Waals surface area (Å²) < 4.78 is 18.0. The van der Waals surface area contributed by atoms with Crippen molar-refractivity contribution in [1.82, 2.24) is 0 Å². The fraction of sp³-hybridized carbons (Fsp3) is 0.143. The molecule has 0 aromatic heterocycles. The molecule has 1 unspecified atom stereocenters. The highest BCUT2D eigenvalue weighted by Gasteiger charge is 2.23. The monoisotopic (exact) mass is 352 g/mol. The Morgan fingerprint density at radius 1 is 0.720 bits per heavy atom. The highest BCUT2D eigenvalue weighted by Crippen LogP contribution is 2.42. The molecule has 3 aromatic rings. The number of methoxy groups -OCH3 is 1. The summed E-state index contributed by atoms with van der Waals surface area (Å²) in [5.74, 6) is 2.34. The Kier molecular flexibility index (Phi) is 5.57. The van der Waals surface area contributed by atoms with Crippen LogP contribution >= 0.6 is 8.38 Å². The van der Waals surface area contributed by atoms with Gasteiger partial charge in [-0.2, -0.15) is 0 Å². The maximum absolute atomic E-state index is 6.30. The Morgan fingerprint density at radius 2 is 1.44 bits per heavy atom. The van der Waals surface area contributed by atoms with E-state index in [0.717, 1.165) is 28.1 Å². The molecule has 0 saturated carbocycles. The molecule has 128 valence electrons. The van der Waals surface area contributed by atoms with Crippen LogP contribution in [0.5, 0.6) is 17.2 Å². The fourth-order valence-electron chi connectivity index (χ4n) is 2.47. The average molecular weight is 352 g/mol. The van der Waals surface area contributed by atoms with Crippen LogP contribution in [0.4, 0.5) is 0 Å². The van der Waals surface area contributed by atoms with Crippen LogP contribution in [-0.4, -0.2) is 7.11 Å². The maximum Gasteiger partial charge on any atom is 0.329 e. The van der Waals surface area contributed by atoms with Gasteiger partial charge in [0.2, 0.25) is 0 Å². The number of ether oxygens (including phenoxy) is 1.